The number of hydrogen-bond acceptors (Lipinski definition) is 4. The Morgan fingerprint density at radius 3 is 2.96 bits per heavy atom. The molecule has 0 bridgehead atoms. The van der Waals surface area contributed by atoms with E-state index in [1.807, 2.05) is 16.8 Å². The van der Waals surface area contributed by atoms with Crippen molar-refractivity contribution in [2.24, 2.45) is 5.92 Å². The van der Waals surface area contributed by atoms with E-state index in [0.717, 1.165) is 17.6 Å². The van der Waals surface area contributed by atoms with Crippen molar-refractivity contribution in [1.82, 2.24) is 20.0 Å². The van der Waals surface area contributed by atoms with E-state index in [2.05, 4.69) is 31.2 Å². The van der Waals surface area contributed by atoms with E-state index in [4.69, 9.17) is 4.74 Å². The summed E-state index contributed by atoms with van der Waals surface area (Å²) in [5.74, 6) is 1.52. The predicted octanol–water partition coefficient (Wildman–Crippen LogP) is 4.82. The fourth-order valence-corrected chi connectivity index (χ4v) is 3.14. The Morgan fingerprint density at radius 2 is 2.21 bits per heavy atom. The minimum atomic E-state index is -1.16. The largest absolute Gasteiger partial charge is 0.437 e. The van der Waals surface area contributed by atoms with Crippen LogP contribution in [-0.4, -0.2) is 20.0 Å². The third kappa shape index (κ3) is 2.88. The fourth-order valence-electron chi connectivity index (χ4n) is 2.64. The number of halogens is 2. The number of nitrogens with zero attached hydrogens (tertiary/aromatic N) is 4. The van der Waals surface area contributed by atoms with Crippen LogP contribution in [0, 0.1) is 5.92 Å². The summed E-state index contributed by atoms with van der Waals surface area (Å²) in [6.07, 6.45) is 2.94. The van der Waals surface area contributed by atoms with Gasteiger partial charge in [-0.3, -0.25) is 0 Å². The molecule has 0 N–H and O–H groups in total. The van der Waals surface area contributed by atoms with Crippen molar-refractivity contribution in [1.29, 1.82) is 0 Å². The van der Waals surface area contributed by atoms with Gasteiger partial charge in [-0.1, -0.05) is 5.21 Å². The Morgan fingerprint density at radius 1 is 1.38 bits per heavy atom. The average Bonchev–Trinajstić information content (AvgIpc) is 3.29. The number of aromatic nitrogens is 4. The Hall–Kier alpha value is -2.02. The molecule has 2 aromatic heterocycles. The molecule has 1 aliphatic carbocycles. The lowest BCUT2D eigenvalue weighted by molar-refractivity contribution is 0.354. The van der Waals surface area contributed by atoms with Crippen LogP contribution < -0.4 is 4.74 Å². The Bertz CT molecular complexity index is 891. The summed E-state index contributed by atoms with van der Waals surface area (Å²) in [5.41, 5.74) is 2.11. The molecule has 3 aromatic rings. The maximum absolute atomic E-state index is 13.7. The van der Waals surface area contributed by atoms with Crippen LogP contribution in [0.3, 0.4) is 0 Å². The van der Waals surface area contributed by atoms with Crippen molar-refractivity contribution < 1.29 is 9.13 Å². The number of hydrogen-bond donors (Lipinski definition) is 0. The van der Waals surface area contributed by atoms with Gasteiger partial charge in [0.2, 0.25) is 5.88 Å². The van der Waals surface area contributed by atoms with Gasteiger partial charge in [-0.25, -0.2) is 14.1 Å². The van der Waals surface area contributed by atoms with Crippen LogP contribution in [0.15, 0.2) is 34.9 Å². The standard InChI is InChI=1S/C17H16BrFN4O/c1-10(19)12-3-2-8-20-17(12)24-14-7-6-13-16(15(14)18)21-22-23(13)9-11-4-5-11/h2-3,6-8,10-11H,4-5,9H2,1H3. The molecule has 0 aliphatic heterocycles. The smallest absolute Gasteiger partial charge is 0.225 e. The van der Waals surface area contributed by atoms with Gasteiger partial charge in [0.15, 0.2) is 0 Å². The van der Waals surface area contributed by atoms with Gasteiger partial charge in [0, 0.05) is 18.3 Å². The summed E-state index contributed by atoms with van der Waals surface area (Å²) in [4.78, 5) is 4.14. The van der Waals surface area contributed by atoms with E-state index < -0.39 is 6.17 Å². The summed E-state index contributed by atoms with van der Waals surface area (Å²) in [5, 5.41) is 8.49. The normalized spacial score (nSPS) is 15.6. The molecular weight excluding hydrogens is 375 g/mol. The van der Waals surface area contributed by atoms with Crippen molar-refractivity contribution >= 4 is 27.0 Å². The van der Waals surface area contributed by atoms with E-state index in [1.165, 1.54) is 19.8 Å². The van der Waals surface area contributed by atoms with Crippen molar-refractivity contribution in [2.75, 3.05) is 0 Å². The first-order valence-corrected chi connectivity index (χ1v) is 8.71. The highest BCUT2D eigenvalue weighted by atomic mass is 79.9. The summed E-state index contributed by atoms with van der Waals surface area (Å²) < 4.78 is 22.2. The monoisotopic (exact) mass is 390 g/mol. The molecule has 0 saturated heterocycles. The summed E-state index contributed by atoms with van der Waals surface area (Å²) >= 11 is 3.53. The fraction of sp³-hybridized carbons (Fsp3) is 0.353. The van der Waals surface area contributed by atoms with E-state index in [1.54, 1.807) is 18.3 Å². The molecule has 5 nitrogen and oxygen atoms in total. The highest BCUT2D eigenvalue weighted by Gasteiger charge is 2.24. The van der Waals surface area contributed by atoms with E-state index in [-0.39, 0.29) is 5.88 Å². The maximum atomic E-state index is 13.7. The van der Waals surface area contributed by atoms with Crippen molar-refractivity contribution in [3.8, 4) is 11.6 Å². The van der Waals surface area contributed by atoms with Crippen LogP contribution >= 0.6 is 15.9 Å². The second-order valence-corrected chi connectivity index (χ2v) is 6.87. The van der Waals surface area contributed by atoms with Gasteiger partial charge in [-0.2, -0.15) is 0 Å². The first-order chi connectivity index (χ1) is 11.6. The van der Waals surface area contributed by atoms with E-state index >= 15 is 0 Å². The second-order valence-electron chi connectivity index (χ2n) is 6.08. The third-order valence-corrected chi connectivity index (χ3v) is 4.92. The SMILES string of the molecule is CC(F)c1cccnc1Oc1ccc2c(nnn2CC2CC2)c1Br. The molecule has 1 atom stereocenters. The van der Waals surface area contributed by atoms with Crippen LogP contribution in [0.5, 0.6) is 11.6 Å². The molecule has 0 amide bonds. The zero-order chi connectivity index (χ0) is 16.7. The molecule has 7 heteroatoms. The molecule has 1 unspecified atom stereocenters. The predicted molar refractivity (Wildman–Crippen MR) is 91.8 cm³/mol. The van der Waals surface area contributed by atoms with E-state index in [9.17, 15) is 4.39 Å². The molecule has 1 aliphatic rings. The first-order valence-electron chi connectivity index (χ1n) is 7.92. The zero-order valence-corrected chi connectivity index (χ0v) is 14.7. The van der Waals surface area contributed by atoms with Crippen LogP contribution in [0.1, 0.15) is 31.5 Å². The maximum Gasteiger partial charge on any atom is 0.225 e. The van der Waals surface area contributed by atoms with Crippen molar-refractivity contribution in [2.45, 2.75) is 32.5 Å². The Labute approximate surface area is 147 Å². The number of alkyl halides is 1. The zero-order valence-electron chi connectivity index (χ0n) is 13.1. The lowest BCUT2D eigenvalue weighted by Gasteiger charge is -2.12. The van der Waals surface area contributed by atoms with Crippen LogP contribution in [0.25, 0.3) is 11.0 Å². The van der Waals surface area contributed by atoms with Gasteiger partial charge < -0.3 is 4.74 Å². The van der Waals surface area contributed by atoms with Crippen molar-refractivity contribution in [3.63, 3.8) is 0 Å². The Kier molecular flexibility index (Phi) is 3.96. The quantitative estimate of drug-likeness (QED) is 0.626. The third-order valence-electron chi connectivity index (χ3n) is 4.15. The molecular formula is C17H16BrFN4O. The van der Waals surface area contributed by atoms with E-state index in [0.29, 0.717) is 21.7 Å². The highest BCUT2D eigenvalue weighted by Crippen LogP contribution is 2.37. The minimum Gasteiger partial charge on any atom is -0.437 e. The topological polar surface area (TPSA) is 52.8 Å². The molecule has 124 valence electrons. The average molecular weight is 391 g/mol. The highest BCUT2D eigenvalue weighted by molar-refractivity contribution is 9.10. The summed E-state index contributed by atoms with van der Waals surface area (Å²) in [6.45, 7) is 2.36. The first kappa shape index (κ1) is 15.5. The minimum absolute atomic E-state index is 0.262. The van der Waals surface area contributed by atoms with Crippen LogP contribution in [0.2, 0.25) is 0 Å². The second kappa shape index (κ2) is 6.12. The summed E-state index contributed by atoms with van der Waals surface area (Å²) in [6, 6.07) is 7.13. The Balaban J connectivity index is 1.69. The number of fused-ring (bicyclic) bond motifs is 1. The van der Waals surface area contributed by atoms with Gasteiger partial charge in [-0.15, -0.1) is 5.10 Å². The number of rotatable bonds is 5. The van der Waals surface area contributed by atoms with Crippen LogP contribution in [0.4, 0.5) is 4.39 Å². The van der Waals surface area contributed by atoms with Gasteiger partial charge in [0.05, 0.1) is 9.99 Å². The summed E-state index contributed by atoms with van der Waals surface area (Å²) in [7, 11) is 0. The van der Waals surface area contributed by atoms with Gasteiger partial charge in [0.25, 0.3) is 0 Å². The number of benzene rings is 1. The lowest BCUT2D eigenvalue weighted by Crippen LogP contribution is -2.01. The van der Waals surface area contributed by atoms with Crippen LogP contribution in [-0.2, 0) is 6.54 Å². The number of ether oxygens (including phenoxy) is 1. The van der Waals surface area contributed by atoms with Gasteiger partial charge >= 0.3 is 0 Å². The van der Waals surface area contributed by atoms with Gasteiger partial charge in [-0.05, 0) is 65.9 Å². The molecule has 24 heavy (non-hydrogen) atoms. The molecule has 1 fully saturated rings. The molecule has 0 radical (unpaired) electrons. The lowest BCUT2D eigenvalue weighted by atomic mass is 10.2. The molecule has 1 aromatic carbocycles. The molecule has 0 spiro atoms. The van der Waals surface area contributed by atoms with Crippen molar-refractivity contribution in [3.05, 3.63) is 40.5 Å². The molecule has 2 heterocycles. The molecule has 4 rings (SSSR count). The molecule has 1 saturated carbocycles. The number of pyridine rings is 1. The van der Waals surface area contributed by atoms with Gasteiger partial charge in [0.1, 0.15) is 17.4 Å².